The molecule has 1 amide bonds. The lowest BCUT2D eigenvalue weighted by Gasteiger charge is -2.30. The first-order valence-corrected chi connectivity index (χ1v) is 8.19. The average molecular weight is 301 g/mol. The van der Waals surface area contributed by atoms with E-state index in [1.165, 1.54) is 32.1 Å². The van der Waals surface area contributed by atoms with Crippen LogP contribution in [0.4, 0.5) is 0 Å². The summed E-state index contributed by atoms with van der Waals surface area (Å²) in [5.41, 5.74) is 5.78. The van der Waals surface area contributed by atoms with Gasteiger partial charge in [0.05, 0.1) is 0 Å². The Morgan fingerprint density at radius 1 is 1.25 bits per heavy atom. The first-order chi connectivity index (χ1) is 9.19. The highest BCUT2D eigenvalue weighted by Crippen LogP contribution is 2.49. The predicted octanol–water partition coefficient (Wildman–Crippen LogP) is 2.72. The molecular formula is C16H29ClN2O. The summed E-state index contributed by atoms with van der Waals surface area (Å²) >= 11 is 0. The van der Waals surface area contributed by atoms with Crippen molar-refractivity contribution >= 4 is 18.3 Å². The third-order valence-corrected chi connectivity index (χ3v) is 6.10. The van der Waals surface area contributed by atoms with Crippen molar-refractivity contribution in [2.75, 3.05) is 6.54 Å². The fourth-order valence-electron chi connectivity index (χ4n) is 5.01. The summed E-state index contributed by atoms with van der Waals surface area (Å²) in [6.07, 6.45) is 8.93. The van der Waals surface area contributed by atoms with Crippen LogP contribution < -0.4 is 11.1 Å². The van der Waals surface area contributed by atoms with Crippen molar-refractivity contribution in [3.63, 3.8) is 0 Å². The van der Waals surface area contributed by atoms with Crippen molar-refractivity contribution in [1.82, 2.24) is 5.32 Å². The van der Waals surface area contributed by atoms with Gasteiger partial charge in [0.1, 0.15) is 0 Å². The number of nitrogens with one attached hydrogen (secondary N) is 1. The normalized spacial score (nSPS) is 40.4. The summed E-state index contributed by atoms with van der Waals surface area (Å²) in [5.74, 6) is 3.47. The second-order valence-corrected chi connectivity index (χ2v) is 7.17. The first kappa shape index (κ1) is 16.1. The van der Waals surface area contributed by atoms with E-state index in [0.717, 1.165) is 30.6 Å². The molecule has 3 rings (SSSR count). The van der Waals surface area contributed by atoms with Crippen LogP contribution in [0.2, 0.25) is 0 Å². The number of carbonyl (C=O) groups is 1. The zero-order chi connectivity index (χ0) is 13.4. The molecule has 6 atom stereocenters. The lowest BCUT2D eigenvalue weighted by Crippen LogP contribution is -2.44. The molecule has 0 saturated heterocycles. The van der Waals surface area contributed by atoms with Crippen LogP contribution in [0.3, 0.4) is 0 Å². The lowest BCUT2D eigenvalue weighted by atomic mass is 9.83. The minimum atomic E-state index is 0. The largest absolute Gasteiger partial charge is 0.353 e. The van der Waals surface area contributed by atoms with Crippen molar-refractivity contribution in [2.24, 2.45) is 35.3 Å². The van der Waals surface area contributed by atoms with Crippen LogP contribution in [0.25, 0.3) is 0 Å². The van der Waals surface area contributed by atoms with Crippen molar-refractivity contribution < 1.29 is 4.79 Å². The Bertz CT molecular complexity index is 349. The van der Waals surface area contributed by atoms with Crippen LogP contribution in [0.5, 0.6) is 0 Å². The quantitative estimate of drug-likeness (QED) is 0.839. The van der Waals surface area contributed by atoms with E-state index in [-0.39, 0.29) is 24.2 Å². The molecule has 0 aliphatic heterocycles. The van der Waals surface area contributed by atoms with Crippen molar-refractivity contribution in [1.29, 1.82) is 0 Å². The molecule has 20 heavy (non-hydrogen) atoms. The molecule has 4 heteroatoms. The predicted molar refractivity (Wildman–Crippen MR) is 83.7 cm³/mol. The van der Waals surface area contributed by atoms with Gasteiger partial charge in [0.15, 0.2) is 0 Å². The Labute approximate surface area is 128 Å². The lowest BCUT2D eigenvalue weighted by molar-refractivity contribution is -0.127. The third-order valence-electron chi connectivity index (χ3n) is 6.10. The fraction of sp³-hybridized carbons (Fsp3) is 0.938. The van der Waals surface area contributed by atoms with Crippen LogP contribution in [-0.4, -0.2) is 18.5 Å². The third kappa shape index (κ3) is 2.99. The van der Waals surface area contributed by atoms with E-state index in [0.29, 0.717) is 18.5 Å². The molecular weight excluding hydrogens is 272 g/mol. The molecule has 0 aromatic rings. The SMILES string of the molecule is CC(NC(=O)[C@@H]1CCC[C@@H]1CN)C1CC2CCC1C2.Cl. The van der Waals surface area contributed by atoms with Gasteiger partial charge in [-0.05, 0) is 69.2 Å². The summed E-state index contributed by atoms with van der Waals surface area (Å²) in [6.45, 7) is 2.89. The molecule has 116 valence electrons. The smallest absolute Gasteiger partial charge is 0.223 e. The Morgan fingerprint density at radius 3 is 2.65 bits per heavy atom. The summed E-state index contributed by atoms with van der Waals surface area (Å²) in [5, 5.41) is 3.32. The van der Waals surface area contributed by atoms with Crippen LogP contribution in [0, 0.1) is 29.6 Å². The standard InChI is InChI=1S/C16H28N2O.ClH/c1-10(15-8-11-5-6-12(15)7-11)18-16(19)14-4-2-3-13(14)9-17;/h10-15H,2-9,17H2,1H3,(H,18,19);1H/t10?,11?,12?,13-,14-,15?;/m1./s1. The number of hydrogen-bond donors (Lipinski definition) is 2. The minimum Gasteiger partial charge on any atom is -0.353 e. The van der Waals surface area contributed by atoms with E-state index in [1.54, 1.807) is 0 Å². The number of hydrogen-bond acceptors (Lipinski definition) is 2. The minimum absolute atomic E-state index is 0. The van der Waals surface area contributed by atoms with E-state index in [9.17, 15) is 4.79 Å². The van der Waals surface area contributed by atoms with E-state index < -0.39 is 0 Å². The number of carbonyl (C=O) groups excluding carboxylic acids is 1. The zero-order valence-electron chi connectivity index (χ0n) is 12.5. The molecule has 0 heterocycles. The molecule has 2 bridgehead atoms. The molecule has 3 aliphatic carbocycles. The second-order valence-electron chi connectivity index (χ2n) is 7.17. The highest BCUT2D eigenvalue weighted by Gasteiger charge is 2.42. The summed E-state index contributed by atoms with van der Waals surface area (Å²) in [7, 11) is 0. The van der Waals surface area contributed by atoms with Gasteiger partial charge in [-0.2, -0.15) is 0 Å². The molecule has 3 fully saturated rings. The van der Waals surface area contributed by atoms with Gasteiger partial charge < -0.3 is 11.1 Å². The van der Waals surface area contributed by atoms with E-state index >= 15 is 0 Å². The Hall–Kier alpha value is -0.280. The maximum absolute atomic E-state index is 12.4. The first-order valence-electron chi connectivity index (χ1n) is 8.19. The second kappa shape index (κ2) is 6.65. The Balaban J connectivity index is 0.00000147. The van der Waals surface area contributed by atoms with Gasteiger partial charge in [0.2, 0.25) is 5.91 Å². The summed E-state index contributed by atoms with van der Waals surface area (Å²) in [4.78, 5) is 12.4. The van der Waals surface area contributed by atoms with Gasteiger partial charge in [-0.1, -0.05) is 12.8 Å². The molecule has 3 N–H and O–H groups in total. The molecule has 0 aromatic heterocycles. The van der Waals surface area contributed by atoms with Crippen LogP contribution in [0.1, 0.15) is 51.9 Å². The molecule has 0 aromatic carbocycles. The number of fused-ring (bicyclic) bond motifs is 2. The van der Waals surface area contributed by atoms with E-state index in [2.05, 4.69) is 12.2 Å². The van der Waals surface area contributed by atoms with Crippen LogP contribution >= 0.6 is 12.4 Å². The van der Waals surface area contributed by atoms with Gasteiger partial charge in [0.25, 0.3) is 0 Å². The zero-order valence-corrected chi connectivity index (χ0v) is 13.3. The number of halogens is 1. The Kier molecular flexibility index (Phi) is 5.36. The maximum Gasteiger partial charge on any atom is 0.223 e. The maximum atomic E-state index is 12.4. The number of rotatable bonds is 4. The number of nitrogens with two attached hydrogens (primary N) is 1. The van der Waals surface area contributed by atoms with Gasteiger partial charge >= 0.3 is 0 Å². The molecule has 3 aliphatic rings. The van der Waals surface area contributed by atoms with Gasteiger partial charge in [0, 0.05) is 12.0 Å². The summed E-state index contributed by atoms with van der Waals surface area (Å²) < 4.78 is 0. The van der Waals surface area contributed by atoms with Crippen LogP contribution in [0.15, 0.2) is 0 Å². The summed E-state index contributed by atoms with van der Waals surface area (Å²) in [6, 6.07) is 0.363. The van der Waals surface area contributed by atoms with Gasteiger partial charge in [-0.3, -0.25) is 4.79 Å². The molecule has 0 radical (unpaired) electrons. The molecule has 4 unspecified atom stereocenters. The molecule has 3 saturated carbocycles. The highest BCUT2D eigenvalue weighted by atomic mass is 35.5. The highest BCUT2D eigenvalue weighted by molar-refractivity contribution is 5.85. The van der Waals surface area contributed by atoms with Crippen LogP contribution in [-0.2, 0) is 4.79 Å². The molecule has 0 spiro atoms. The van der Waals surface area contributed by atoms with Crippen molar-refractivity contribution in [3.8, 4) is 0 Å². The van der Waals surface area contributed by atoms with Crippen molar-refractivity contribution in [2.45, 2.75) is 57.9 Å². The fourth-order valence-corrected chi connectivity index (χ4v) is 5.01. The molecule has 3 nitrogen and oxygen atoms in total. The van der Waals surface area contributed by atoms with E-state index in [1.807, 2.05) is 0 Å². The topological polar surface area (TPSA) is 55.1 Å². The number of amides is 1. The van der Waals surface area contributed by atoms with Crippen molar-refractivity contribution in [3.05, 3.63) is 0 Å². The van der Waals surface area contributed by atoms with E-state index in [4.69, 9.17) is 5.73 Å². The monoisotopic (exact) mass is 300 g/mol. The van der Waals surface area contributed by atoms with Gasteiger partial charge in [-0.25, -0.2) is 0 Å². The Morgan fingerprint density at radius 2 is 2.05 bits per heavy atom. The average Bonchev–Trinajstić information content (AvgIpc) is 3.13. The van der Waals surface area contributed by atoms with Gasteiger partial charge in [-0.15, -0.1) is 12.4 Å².